The van der Waals surface area contributed by atoms with Crippen LogP contribution in [0.15, 0.2) is 18.2 Å². The van der Waals surface area contributed by atoms with Crippen LogP contribution in [0.5, 0.6) is 5.75 Å². The van der Waals surface area contributed by atoms with Gasteiger partial charge in [0.1, 0.15) is 5.75 Å². The summed E-state index contributed by atoms with van der Waals surface area (Å²) < 4.78 is 9.93. The third-order valence-corrected chi connectivity index (χ3v) is 2.62. The molecule has 1 aromatic carbocycles. The van der Waals surface area contributed by atoms with Gasteiger partial charge in [0.2, 0.25) is 0 Å². The highest BCUT2D eigenvalue weighted by atomic mass is 79.9. The van der Waals surface area contributed by atoms with Gasteiger partial charge in [0.25, 0.3) is 5.69 Å². The average molecular weight is 304 g/mol. The number of alkyl halides is 1. The number of halogens is 1. The Morgan fingerprint density at radius 2 is 2.18 bits per heavy atom. The highest BCUT2D eigenvalue weighted by Crippen LogP contribution is 2.34. The van der Waals surface area contributed by atoms with Gasteiger partial charge in [-0.15, -0.1) is 0 Å². The van der Waals surface area contributed by atoms with Gasteiger partial charge in [-0.1, -0.05) is 0 Å². The molecule has 0 saturated carbocycles. The molecule has 1 rings (SSSR count). The third-order valence-electron chi connectivity index (χ3n) is 1.94. The predicted octanol–water partition coefficient (Wildman–Crippen LogP) is 2.56. The number of hydrogen-bond acceptors (Lipinski definition) is 5. The van der Waals surface area contributed by atoms with E-state index in [2.05, 4.69) is 15.9 Å². The van der Waals surface area contributed by atoms with Crippen LogP contribution in [0.2, 0.25) is 0 Å². The van der Waals surface area contributed by atoms with Gasteiger partial charge < -0.3 is 9.47 Å². The molecule has 7 heteroatoms. The fraction of sp³-hybridized carbons (Fsp3) is 0.300. The number of nitrogens with zero attached hydrogens (tertiary/aromatic N) is 1. The molecule has 0 amide bonds. The van der Waals surface area contributed by atoms with E-state index in [0.717, 1.165) is 0 Å². The van der Waals surface area contributed by atoms with Crippen molar-refractivity contribution >= 4 is 27.6 Å². The summed E-state index contributed by atoms with van der Waals surface area (Å²) in [5.41, 5.74) is 0.286. The molecular formula is C10H10BrNO5. The van der Waals surface area contributed by atoms with E-state index in [1.54, 1.807) is 0 Å². The monoisotopic (exact) mass is 303 g/mol. The highest BCUT2D eigenvalue weighted by molar-refractivity contribution is 9.09. The Morgan fingerprint density at radius 1 is 1.53 bits per heavy atom. The van der Waals surface area contributed by atoms with Crippen molar-refractivity contribution in [3.8, 4) is 5.75 Å². The lowest BCUT2D eigenvalue weighted by Crippen LogP contribution is -2.04. The molecule has 0 bridgehead atoms. The van der Waals surface area contributed by atoms with Crippen LogP contribution in [0.3, 0.4) is 0 Å². The topological polar surface area (TPSA) is 78.7 Å². The van der Waals surface area contributed by atoms with Crippen molar-refractivity contribution < 1.29 is 19.2 Å². The van der Waals surface area contributed by atoms with Crippen LogP contribution in [-0.2, 0) is 9.53 Å². The van der Waals surface area contributed by atoms with Crippen LogP contribution in [0.1, 0.15) is 17.5 Å². The Bertz CT molecular complexity index is 448. The summed E-state index contributed by atoms with van der Waals surface area (Å²) in [6.07, 6.45) is 0. The first-order valence-electron chi connectivity index (χ1n) is 4.59. The summed E-state index contributed by atoms with van der Waals surface area (Å²) in [4.78, 5) is 20.9. The maximum Gasteiger partial charge on any atom is 0.304 e. The van der Waals surface area contributed by atoms with Gasteiger partial charge in [0.05, 0.1) is 17.6 Å². The zero-order chi connectivity index (χ0) is 13.0. The number of hydrogen-bond donors (Lipinski definition) is 0. The van der Waals surface area contributed by atoms with E-state index in [0.29, 0.717) is 11.3 Å². The summed E-state index contributed by atoms with van der Waals surface area (Å²) in [5, 5.41) is 9.86. The minimum absolute atomic E-state index is 0.0996. The standard InChI is InChI=1S/C10H10BrNO5/c1-6(13)17-10(11)8-5-7(12(14)15)3-4-9(8)16-2/h3-5,10H,1-2H3. The number of benzene rings is 1. The number of rotatable bonds is 4. The first-order valence-corrected chi connectivity index (χ1v) is 5.51. The molecule has 6 nitrogen and oxygen atoms in total. The van der Waals surface area contributed by atoms with Crippen LogP contribution in [-0.4, -0.2) is 18.0 Å². The normalized spacial score (nSPS) is 11.7. The fourth-order valence-electron chi connectivity index (χ4n) is 1.22. The van der Waals surface area contributed by atoms with Crippen molar-refractivity contribution in [3.05, 3.63) is 33.9 Å². The van der Waals surface area contributed by atoms with Gasteiger partial charge >= 0.3 is 5.97 Å². The van der Waals surface area contributed by atoms with Gasteiger partial charge in [-0.2, -0.15) is 0 Å². The summed E-state index contributed by atoms with van der Waals surface area (Å²) in [5.74, 6) is -0.0980. The smallest absolute Gasteiger partial charge is 0.304 e. The van der Waals surface area contributed by atoms with Gasteiger partial charge in [0.15, 0.2) is 5.01 Å². The summed E-state index contributed by atoms with van der Waals surface area (Å²) in [7, 11) is 1.43. The minimum Gasteiger partial charge on any atom is -0.496 e. The van der Waals surface area contributed by atoms with E-state index in [1.165, 1.54) is 32.2 Å². The quantitative estimate of drug-likeness (QED) is 0.370. The molecule has 1 atom stereocenters. The number of esters is 1. The van der Waals surface area contributed by atoms with E-state index >= 15 is 0 Å². The van der Waals surface area contributed by atoms with Crippen LogP contribution < -0.4 is 4.74 Å². The molecule has 0 spiro atoms. The summed E-state index contributed by atoms with van der Waals surface area (Å²) >= 11 is 3.12. The molecule has 17 heavy (non-hydrogen) atoms. The molecule has 0 aliphatic heterocycles. The third kappa shape index (κ3) is 3.42. The lowest BCUT2D eigenvalue weighted by atomic mass is 10.2. The van der Waals surface area contributed by atoms with Gasteiger partial charge in [-0.25, -0.2) is 0 Å². The Hall–Kier alpha value is -1.63. The first kappa shape index (κ1) is 13.4. The molecule has 1 aromatic rings. The van der Waals surface area contributed by atoms with Crippen molar-refractivity contribution in [1.29, 1.82) is 0 Å². The molecule has 0 heterocycles. The van der Waals surface area contributed by atoms with Crippen LogP contribution >= 0.6 is 15.9 Å². The average Bonchev–Trinajstić information content (AvgIpc) is 2.27. The minimum atomic E-state index is -0.783. The second kappa shape index (κ2) is 5.62. The van der Waals surface area contributed by atoms with E-state index in [1.807, 2.05) is 0 Å². The second-order valence-electron chi connectivity index (χ2n) is 3.11. The second-order valence-corrected chi connectivity index (χ2v) is 3.94. The lowest BCUT2D eigenvalue weighted by molar-refractivity contribution is -0.385. The van der Waals surface area contributed by atoms with Crippen LogP contribution in [0, 0.1) is 10.1 Å². The zero-order valence-electron chi connectivity index (χ0n) is 9.18. The van der Waals surface area contributed by atoms with E-state index in [-0.39, 0.29) is 5.69 Å². The zero-order valence-corrected chi connectivity index (χ0v) is 10.8. The van der Waals surface area contributed by atoms with Crippen molar-refractivity contribution in [1.82, 2.24) is 0 Å². The number of nitro benzene ring substituents is 1. The molecule has 0 aromatic heterocycles. The van der Waals surface area contributed by atoms with E-state index < -0.39 is 15.9 Å². The maximum absolute atomic E-state index is 10.8. The van der Waals surface area contributed by atoms with Crippen molar-refractivity contribution in [2.45, 2.75) is 11.9 Å². The van der Waals surface area contributed by atoms with Crippen molar-refractivity contribution in [2.24, 2.45) is 0 Å². The first-order chi connectivity index (χ1) is 7.95. The number of methoxy groups -OCH3 is 1. The molecule has 0 aliphatic rings. The molecule has 0 N–H and O–H groups in total. The van der Waals surface area contributed by atoms with Gasteiger partial charge in [-0.05, 0) is 22.0 Å². The predicted molar refractivity (Wildman–Crippen MR) is 63.1 cm³/mol. The van der Waals surface area contributed by atoms with Gasteiger partial charge in [0, 0.05) is 19.1 Å². The van der Waals surface area contributed by atoms with E-state index in [4.69, 9.17) is 9.47 Å². The Balaban J connectivity index is 3.13. The molecular weight excluding hydrogens is 294 g/mol. The molecule has 0 aliphatic carbocycles. The SMILES string of the molecule is COc1ccc([N+](=O)[O-])cc1C(Br)OC(C)=O. The molecule has 0 saturated heterocycles. The van der Waals surface area contributed by atoms with E-state index in [9.17, 15) is 14.9 Å². The number of carbonyl (C=O) groups excluding carboxylic acids is 1. The largest absolute Gasteiger partial charge is 0.496 e. The Labute approximate surface area is 106 Å². The van der Waals surface area contributed by atoms with Crippen molar-refractivity contribution in [3.63, 3.8) is 0 Å². The maximum atomic E-state index is 10.8. The lowest BCUT2D eigenvalue weighted by Gasteiger charge is -2.13. The molecule has 0 fully saturated rings. The Kier molecular flexibility index (Phi) is 4.45. The van der Waals surface area contributed by atoms with Gasteiger partial charge in [-0.3, -0.25) is 14.9 Å². The molecule has 92 valence electrons. The molecule has 0 radical (unpaired) electrons. The number of ether oxygens (including phenoxy) is 2. The van der Waals surface area contributed by atoms with Crippen LogP contribution in [0.4, 0.5) is 5.69 Å². The van der Waals surface area contributed by atoms with Crippen LogP contribution in [0.25, 0.3) is 0 Å². The number of carbonyl (C=O) groups is 1. The van der Waals surface area contributed by atoms with Crippen molar-refractivity contribution in [2.75, 3.05) is 7.11 Å². The Morgan fingerprint density at radius 3 is 2.65 bits per heavy atom. The number of nitro groups is 1. The highest BCUT2D eigenvalue weighted by Gasteiger charge is 2.19. The fourth-order valence-corrected chi connectivity index (χ4v) is 1.84. The summed E-state index contributed by atoms with van der Waals surface area (Å²) in [6.45, 7) is 1.25. The molecule has 1 unspecified atom stereocenters. The number of non-ortho nitro benzene ring substituents is 1. The summed E-state index contributed by atoms with van der Waals surface area (Å²) in [6, 6.07) is 4.06.